The van der Waals surface area contributed by atoms with Gasteiger partial charge in [-0.25, -0.2) is 4.79 Å². The summed E-state index contributed by atoms with van der Waals surface area (Å²) in [6.07, 6.45) is -0.0857. The van der Waals surface area contributed by atoms with Crippen molar-refractivity contribution in [2.24, 2.45) is 0 Å². The standard InChI is InChI=1S/C14H17NO6/c1-21-9-2-3-11(16)10(8-9)12(17)15-6-4-14(20,5-7-15)13(18)19/h2-3,8,16,20H,4-7H2,1H3,(H,18,19). The van der Waals surface area contributed by atoms with Crippen LogP contribution in [0.4, 0.5) is 0 Å². The summed E-state index contributed by atoms with van der Waals surface area (Å²) in [6, 6.07) is 4.32. The lowest BCUT2D eigenvalue weighted by molar-refractivity contribution is -0.162. The quantitative estimate of drug-likeness (QED) is 0.747. The smallest absolute Gasteiger partial charge is 0.335 e. The van der Waals surface area contributed by atoms with E-state index >= 15 is 0 Å². The molecule has 0 saturated carbocycles. The number of piperidine rings is 1. The summed E-state index contributed by atoms with van der Waals surface area (Å²) in [6.45, 7) is 0.219. The van der Waals surface area contributed by atoms with Crippen molar-refractivity contribution in [1.82, 2.24) is 4.90 Å². The van der Waals surface area contributed by atoms with Crippen LogP contribution in [-0.4, -0.2) is 57.9 Å². The van der Waals surface area contributed by atoms with Gasteiger partial charge < -0.3 is 25.0 Å². The van der Waals surface area contributed by atoms with Gasteiger partial charge in [0.05, 0.1) is 12.7 Å². The van der Waals surface area contributed by atoms with E-state index < -0.39 is 17.5 Å². The molecule has 1 saturated heterocycles. The molecule has 1 fully saturated rings. The number of carboxylic acids is 1. The van der Waals surface area contributed by atoms with E-state index in [-0.39, 0.29) is 37.2 Å². The second-order valence-electron chi connectivity index (χ2n) is 5.01. The summed E-state index contributed by atoms with van der Waals surface area (Å²) in [4.78, 5) is 24.7. The van der Waals surface area contributed by atoms with Crippen molar-refractivity contribution in [3.63, 3.8) is 0 Å². The largest absolute Gasteiger partial charge is 0.507 e. The second-order valence-corrected chi connectivity index (χ2v) is 5.01. The van der Waals surface area contributed by atoms with Crippen LogP contribution >= 0.6 is 0 Å². The maximum absolute atomic E-state index is 12.4. The molecule has 1 aliphatic rings. The number of likely N-dealkylation sites (tertiary alicyclic amines) is 1. The first-order chi connectivity index (χ1) is 9.87. The molecule has 0 bridgehead atoms. The van der Waals surface area contributed by atoms with Crippen LogP contribution in [0.1, 0.15) is 23.2 Å². The molecular formula is C14H17NO6. The molecule has 7 heteroatoms. The van der Waals surface area contributed by atoms with Crippen LogP contribution < -0.4 is 4.74 Å². The molecule has 2 rings (SSSR count). The summed E-state index contributed by atoms with van der Waals surface area (Å²) in [5.74, 6) is -1.42. The highest BCUT2D eigenvalue weighted by Crippen LogP contribution is 2.28. The molecule has 114 valence electrons. The molecule has 1 amide bonds. The Labute approximate surface area is 121 Å². The number of aliphatic carboxylic acids is 1. The lowest BCUT2D eigenvalue weighted by atomic mass is 9.91. The molecular weight excluding hydrogens is 278 g/mol. The van der Waals surface area contributed by atoms with Gasteiger partial charge in [0, 0.05) is 25.9 Å². The van der Waals surface area contributed by atoms with Crippen LogP contribution in [0.2, 0.25) is 0 Å². The molecule has 1 aliphatic heterocycles. The SMILES string of the molecule is COc1ccc(O)c(C(=O)N2CCC(O)(C(=O)O)CC2)c1. The predicted octanol–water partition coefficient (Wildman–Crippen LogP) is 0.453. The summed E-state index contributed by atoms with van der Waals surface area (Å²) >= 11 is 0. The summed E-state index contributed by atoms with van der Waals surface area (Å²) in [5.41, 5.74) is -1.69. The van der Waals surface area contributed by atoms with Gasteiger partial charge in [0.1, 0.15) is 11.5 Å². The van der Waals surface area contributed by atoms with Crippen LogP contribution in [0.5, 0.6) is 11.5 Å². The fraction of sp³-hybridized carbons (Fsp3) is 0.429. The van der Waals surface area contributed by atoms with E-state index in [2.05, 4.69) is 0 Å². The lowest BCUT2D eigenvalue weighted by Crippen LogP contribution is -2.50. The first-order valence-corrected chi connectivity index (χ1v) is 6.49. The van der Waals surface area contributed by atoms with Crippen LogP contribution in [0.25, 0.3) is 0 Å². The van der Waals surface area contributed by atoms with E-state index in [9.17, 15) is 19.8 Å². The number of phenolic OH excluding ortho intramolecular Hbond substituents is 1. The Hall–Kier alpha value is -2.28. The lowest BCUT2D eigenvalue weighted by Gasteiger charge is -2.35. The van der Waals surface area contributed by atoms with E-state index in [1.165, 1.54) is 30.2 Å². The first kappa shape index (κ1) is 15.1. The molecule has 0 aliphatic carbocycles. The van der Waals surface area contributed by atoms with Gasteiger partial charge in [-0.1, -0.05) is 0 Å². The topological polar surface area (TPSA) is 107 Å². The molecule has 1 heterocycles. The fourth-order valence-corrected chi connectivity index (χ4v) is 2.28. The van der Waals surface area contributed by atoms with Gasteiger partial charge in [0.25, 0.3) is 5.91 Å². The number of methoxy groups -OCH3 is 1. The molecule has 1 aromatic rings. The van der Waals surface area contributed by atoms with E-state index in [0.29, 0.717) is 5.75 Å². The van der Waals surface area contributed by atoms with Gasteiger partial charge in [-0.2, -0.15) is 0 Å². The number of aliphatic hydroxyl groups is 1. The zero-order valence-corrected chi connectivity index (χ0v) is 11.6. The maximum Gasteiger partial charge on any atom is 0.335 e. The minimum atomic E-state index is -1.78. The molecule has 0 atom stereocenters. The van der Waals surface area contributed by atoms with Crippen LogP contribution in [-0.2, 0) is 4.79 Å². The third-order valence-corrected chi connectivity index (χ3v) is 3.71. The predicted molar refractivity (Wildman–Crippen MR) is 72.4 cm³/mol. The zero-order valence-electron chi connectivity index (χ0n) is 11.6. The van der Waals surface area contributed by atoms with Crippen molar-refractivity contribution < 1.29 is 29.6 Å². The summed E-state index contributed by atoms with van der Waals surface area (Å²) < 4.78 is 5.01. The number of hydrogen-bond acceptors (Lipinski definition) is 5. The number of nitrogens with zero attached hydrogens (tertiary/aromatic N) is 1. The van der Waals surface area contributed by atoms with E-state index in [4.69, 9.17) is 9.84 Å². The number of carbonyl (C=O) groups is 2. The molecule has 3 N–H and O–H groups in total. The average molecular weight is 295 g/mol. The van der Waals surface area contributed by atoms with Gasteiger partial charge in [-0.05, 0) is 18.2 Å². The molecule has 0 aromatic heterocycles. The molecule has 7 nitrogen and oxygen atoms in total. The third kappa shape index (κ3) is 2.92. The summed E-state index contributed by atoms with van der Waals surface area (Å²) in [7, 11) is 1.45. The highest BCUT2D eigenvalue weighted by Gasteiger charge is 2.40. The third-order valence-electron chi connectivity index (χ3n) is 3.71. The summed E-state index contributed by atoms with van der Waals surface area (Å²) in [5, 5.41) is 28.6. The van der Waals surface area contributed by atoms with Crippen molar-refractivity contribution in [2.45, 2.75) is 18.4 Å². The Kier molecular flexibility index (Phi) is 4.04. The number of aromatic hydroxyl groups is 1. The molecule has 0 radical (unpaired) electrons. The molecule has 1 aromatic carbocycles. The fourth-order valence-electron chi connectivity index (χ4n) is 2.28. The molecule has 0 unspecified atom stereocenters. The number of carbonyl (C=O) groups excluding carboxylic acids is 1. The first-order valence-electron chi connectivity index (χ1n) is 6.49. The monoisotopic (exact) mass is 295 g/mol. The van der Waals surface area contributed by atoms with Gasteiger partial charge in [0.15, 0.2) is 5.60 Å². The Balaban J connectivity index is 2.14. The van der Waals surface area contributed by atoms with Crippen molar-refractivity contribution >= 4 is 11.9 Å². The number of hydrogen-bond donors (Lipinski definition) is 3. The highest BCUT2D eigenvalue weighted by atomic mass is 16.5. The Morgan fingerprint density at radius 1 is 1.29 bits per heavy atom. The second kappa shape index (κ2) is 5.61. The Morgan fingerprint density at radius 3 is 2.43 bits per heavy atom. The van der Waals surface area contributed by atoms with Gasteiger partial charge in [0.2, 0.25) is 0 Å². The molecule has 21 heavy (non-hydrogen) atoms. The number of benzene rings is 1. The number of carboxylic acid groups (broad SMARTS) is 1. The molecule has 0 spiro atoms. The van der Waals surface area contributed by atoms with Gasteiger partial charge >= 0.3 is 5.97 Å². The Bertz CT molecular complexity index is 563. The van der Waals surface area contributed by atoms with Crippen molar-refractivity contribution in [3.05, 3.63) is 23.8 Å². The minimum absolute atomic E-state index is 0.0429. The average Bonchev–Trinajstić information content (AvgIpc) is 2.48. The highest BCUT2D eigenvalue weighted by molar-refractivity contribution is 5.97. The van der Waals surface area contributed by atoms with Crippen molar-refractivity contribution in [2.75, 3.05) is 20.2 Å². The van der Waals surface area contributed by atoms with E-state index in [1.807, 2.05) is 0 Å². The van der Waals surface area contributed by atoms with Crippen molar-refractivity contribution in [3.8, 4) is 11.5 Å². The van der Waals surface area contributed by atoms with E-state index in [1.54, 1.807) is 0 Å². The van der Waals surface area contributed by atoms with Gasteiger partial charge in [-0.3, -0.25) is 4.79 Å². The van der Waals surface area contributed by atoms with Crippen LogP contribution in [0, 0.1) is 0 Å². The van der Waals surface area contributed by atoms with E-state index in [0.717, 1.165) is 0 Å². The minimum Gasteiger partial charge on any atom is -0.507 e. The normalized spacial score (nSPS) is 17.3. The number of ether oxygens (including phenoxy) is 1. The van der Waals surface area contributed by atoms with Crippen LogP contribution in [0.3, 0.4) is 0 Å². The maximum atomic E-state index is 12.4. The number of phenols is 1. The number of amides is 1. The van der Waals surface area contributed by atoms with Gasteiger partial charge in [-0.15, -0.1) is 0 Å². The van der Waals surface area contributed by atoms with Crippen LogP contribution in [0.15, 0.2) is 18.2 Å². The Morgan fingerprint density at radius 2 is 1.90 bits per heavy atom. The van der Waals surface area contributed by atoms with Crippen molar-refractivity contribution in [1.29, 1.82) is 0 Å². The number of rotatable bonds is 3. The zero-order chi connectivity index (χ0) is 15.6.